The molecule has 0 spiro atoms. The normalized spacial score (nSPS) is 10.4. The van der Waals surface area contributed by atoms with Crippen LogP contribution in [0.3, 0.4) is 0 Å². The highest BCUT2D eigenvalue weighted by Gasteiger charge is 2.07. The van der Waals surface area contributed by atoms with Gasteiger partial charge in [-0.15, -0.1) is 0 Å². The fraction of sp³-hybridized carbons (Fsp3) is 0.0625. The molecule has 1 aromatic carbocycles. The van der Waals surface area contributed by atoms with Gasteiger partial charge in [0, 0.05) is 25.1 Å². The number of benzene rings is 1. The summed E-state index contributed by atoms with van der Waals surface area (Å²) in [6.07, 6.45) is 4.95. The molecule has 1 amide bonds. The van der Waals surface area contributed by atoms with E-state index in [0.717, 1.165) is 5.56 Å². The first-order valence-corrected chi connectivity index (χ1v) is 6.74. The number of phenolic OH excluding ortho intramolecular Hbond substituents is 1. The van der Waals surface area contributed by atoms with Crippen molar-refractivity contribution in [2.24, 2.45) is 0 Å². The van der Waals surface area contributed by atoms with E-state index < -0.39 is 0 Å². The van der Waals surface area contributed by atoms with Gasteiger partial charge in [0.25, 0.3) is 5.91 Å². The van der Waals surface area contributed by atoms with Crippen LogP contribution >= 0.6 is 0 Å². The number of amides is 1. The number of rotatable bonds is 4. The van der Waals surface area contributed by atoms with E-state index in [4.69, 9.17) is 0 Å². The molecule has 2 N–H and O–H groups in total. The molecule has 22 heavy (non-hydrogen) atoms. The van der Waals surface area contributed by atoms with Crippen molar-refractivity contribution in [2.75, 3.05) is 0 Å². The zero-order valence-corrected chi connectivity index (χ0v) is 11.7. The Morgan fingerprint density at radius 2 is 2.14 bits per heavy atom. The van der Waals surface area contributed by atoms with E-state index in [2.05, 4.69) is 15.4 Å². The van der Waals surface area contributed by atoms with Gasteiger partial charge in [-0.2, -0.15) is 5.10 Å². The maximum atomic E-state index is 12.1. The predicted octanol–water partition coefficient (Wildman–Crippen LogP) is 1.90. The van der Waals surface area contributed by atoms with Crippen LogP contribution in [0.5, 0.6) is 5.75 Å². The van der Waals surface area contributed by atoms with Crippen molar-refractivity contribution in [3.63, 3.8) is 0 Å². The van der Waals surface area contributed by atoms with Gasteiger partial charge in [-0.25, -0.2) is 9.67 Å². The van der Waals surface area contributed by atoms with Gasteiger partial charge in [-0.05, 0) is 35.9 Å². The van der Waals surface area contributed by atoms with Gasteiger partial charge in [0.2, 0.25) is 0 Å². The summed E-state index contributed by atoms with van der Waals surface area (Å²) < 4.78 is 1.62. The first kappa shape index (κ1) is 13.8. The average molecular weight is 294 g/mol. The Kier molecular flexibility index (Phi) is 3.82. The number of carbonyl (C=O) groups is 1. The number of nitrogens with one attached hydrogen (secondary N) is 1. The van der Waals surface area contributed by atoms with Gasteiger partial charge in [0.1, 0.15) is 5.75 Å². The lowest BCUT2D eigenvalue weighted by atomic mass is 10.2. The van der Waals surface area contributed by atoms with E-state index in [9.17, 15) is 9.90 Å². The van der Waals surface area contributed by atoms with Crippen molar-refractivity contribution in [3.8, 4) is 11.6 Å². The third-order valence-electron chi connectivity index (χ3n) is 3.11. The Bertz CT molecular complexity index is 767. The zero-order chi connectivity index (χ0) is 15.4. The Balaban J connectivity index is 1.65. The molecular weight excluding hydrogens is 280 g/mol. The number of hydrogen-bond acceptors (Lipinski definition) is 4. The van der Waals surface area contributed by atoms with Gasteiger partial charge in [0.05, 0.1) is 5.56 Å². The molecule has 2 aromatic heterocycles. The van der Waals surface area contributed by atoms with Gasteiger partial charge in [-0.3, -0.25) is 4.79 Å². The van der Waals surface area contributed by atoms with E-state index in [1.165, 1.54) is 6.20 Å². The Hall–Kier alpha value is -3.15. The third-order valence-corrected chi connectivity index (χ3v) is 3.11. The van der Waals surface area contributed by atoms with Crippen LogP contribution < -0.4 is 5.32 Å². The van der Waals surface area contributed by atoms with Crippen molar-refractivity contribution in [1.82, 2.24) is 20.1 Å². The molecule has 0 aliphatic heterocycles. The lowest BCUT2D eigenvalue weighted by Crippen LogP contribution is -2.23. The maximum absolute atomic E-state index is 12.1. The van der Waals surface area contributed by atoms with E-state index in [1.54, 1.807) is 53.5 Å². The molecule has 0 saturated carbocycles. The summed E-state index contributed by atoms with van der Waals surface area (Å²) in [6.45, 7) is 0.341. The van der Waals surface area contributed by atoms with E-state index >= 15 is 0 Å². The largest absolute Gasteiger partial charge is 0.508 e. The van der Waals surface area contributed by atoms with Gasteiger partial charge in [-0.1, -0.05) is 12.1 Å². The minimum absolute atomic E-state index is 0.178. The average Bonchev–Trinajstić information content (AvgIpc) is 3.07. The fourth-order valence-corrected chi connectivity index (χ4v) is 2.01. The highest BCUT2D eigenvalue weighted by atomic mass is 16.3. The number of phenols is 1. The molecule has 2 heterocycles. The second-order valence-corrected chi connectivity index (χ2v) is 4.71. The molecule has 0 aliphatic carbocycles. The Labute approximate surface area is 127 Å². The number of hydrogen-bond donors (Lipinski definition) is 2. The maximum Gasteiger partial charge on any atom is 0.253 e. The summed E-state index contributed by atoms with van der Waals surface area (Å²) in [5.74, 6) is 0.606. The summed E-state index contributed by atoms with van der Waals surface area (Å²) in [5.41, 5.74) is 1.30. The first-order chi connectivity index (χ1) is 10.7. The molecule has 3 rings (SSSR count). The quantitative estimate of drug-likeness (QED) is 0.770. The number of nitrogens with zero attached hydrogens (tertiary/aromatic N) is 3. The number of carbonyl (C=O) groups excluding carboxylic acids is 1. The molecule has 0 atom stereocenters. The second kappa shape index (κ2) is 6.09. The molecule has 0 bridgehead atoms. The standard InChI is InChI=1S/C16H14N4O2/c21-14-4-1-3-12(9-14)10-18-16(22)13-5-6-15(17-11-13)20-8-2-7-19-20/h1-9,11,21H,10H2,(H,18,22). The van der Waals surface area contributed by atoms with Gasteiger partial charge >= 0.3 is 0 Å². The molecular formula is C16H14N4O2. The molecule has 0 aliphatic rings. The number of pyridine rings is 1. The van der Waals surface area contributed by atoms with Crippen LogP contribution in [0.2, 0.25) is 0 Å². The van der Waals surface area contributed by atoms with E-state index in [-0.39, 0.29) is 11.7 Å². The van der Waals surface area contributed by atoms with Crippen molar-refractivity contribution < 1.29 is 9.90 Å². The molecule has 0 unspecified atom stereocenters. The van der Waals surface area contributed by atoms with Crippen LogP contribution in [0, 0.1) is 0 Å². The highest BCUT2D eigenvalue weighted by molar-refractivity contribution is 5.93. The zero-order valence-electron chi connectivity index (χ0n) is 11.7. The van der Waals surface area contributed by atoms with Crippen LogP contribution in [0.4, 0.5) is 0 Å². The summed E-state index contributed by atoms with van der Waals surface area (Å²) in [5, 5.41) is 16.2. The van der Waals surface area contributed by atoms with Crippen molar-refractivity contribution in [2.45, 2.75) is 6.54 Å². The smallest absolute Gasteiger partial charge is 0.253 e. The van der Waals surface area contributed by atoms with Crippen LogP contribution in [-0.4, -0.2) is 25.8 Å². The molecule has 0 radical (unpaired) electrons. The Morgan fingerprint density at radius 1 is 1.23 bits per heavy atom. The first-order valence-electron chi connectivity index (χ1n) is 6.74. The number of aromatic hydroxyl groups is 1. The van der Waals surface area contributed by atoms with Gasteiger partial charge in [0.15, 0.2) is 5.82 Å². The second-order valence-electron chi connectivity index (χ2n) is 4.71. The fourth-order valence-electron chi connectivity index (χ4n) is 2.01. The van der Waals surface area contributed by atoms with Crippen LogP contribution in [0.1, 0.15) is 15.9 Å². The molecule has 6 heteroatoms. The van der Waals surface area contributed by atoms with Crippen LogP contribution in [0.25, 0.3) is 5.82 Å². The summed E-state index contributed by atoms with van der Waals surface area (Å²) in [4.78, 5) is 16.3. The molecule has 110 valence electrons. The number of aromatic nitrogens is 3. The monoisotopic (exact) mass is 294 g/mol. The van der Waals surface area contributed by atoms with Crippen molar-refractivity contribution in [1.29, 1.82) is 0 Å². The third kappa shape index (κ3) is 3.12. The van der Waals surface area contributed by atoms with Crippen LogP contribution in [0.15, 0.2) is 61.1 Å². The minimum Gasteiger partial charge on any atom is -0.508 e. The minimum atomic E-state index is -0.220. The van der Waals surface area contributed by atoms with Crippen LogP contribution in [-0.2, 0) is 6.54 Å². The summed E-state index contributed by atoms with van der Waals surface area (Å²) >= 11 is 0. The Morgan fingerprint density at radius 3 is 2.82 bits per heavy atom. The molecule has 0 saturated heterocycles. The van der Waals surface area contributed by atoms with Crippen molar-refractivity contribution in [3.05, 3.63) is 72.2 Å². The van der Waals surface area contributed by atoms with E-state index in [1.807, 2.05) is 6.07 Å². The molecule has 0 fully saturated rings. The summed E-state index contributed by atoms with van der Waals surface area (Å²) in [7, 11) is 0. The molecule has 3 aromatic rings. The summed E-state index contributed by atoms with van der Waals surface area (Å²) in [6, 6.07) is 12.0. The van der Waals surface area contributed by atoms with E-state index in [0.29, 0.717) is 17.9 Å². The SMILES string of the molecule is O=C(NCc1cccc(O)c1)c1ccc(-n2cccn2)nc1. The van der Waals surface area contributed by atoms with Gasteiger partial charge < -0.3 is 10.4 Å². The topological polar surface area (TPSA) is 80.0 Å². The predicted molar refractivity (Wildman–Crippen MR) is 80.6 cm³/mol. The highest BCUT2D eigenvalue weighted by Crippen LogP contribution is 2.11. The lowest BCUT2D eigenvalue weighted by Gasteiger charge is -2.06. The molecule has 6 nitrogen and oxygen atoms in total. The lowest BCUT2D eigenvalue weighted by molar-refractivity contribution is 0.0950. The van der Waals surface area contributed by atoms with Crippen molar-refractivity contribution >= 4 is 5.91 Å².